The van der Waals surface area contributed by atoms with Crippen molar-refractivity contribution in [1.29, 1.82) is 0 Å². The van der Waals surface area contributed by atoms with Crippen LogP contribution >= 0.6 is 0 Å². The number of furan rings is 2. The molecule has 1 N–H and O–H groups in total. The molecule has 4 nitrogen and oxygen atoms in total. The van der Waals surface area contributed by atoms with Gasteiger partial charge in [-0.3, -0.25) is 4.79 Å². The predicted octanol–water partition coefficient (Wildman–Crippen LogP) is 4.95. The molecule has 0 unspecified atom stereocenters. The molecule has 0 radical (unpaired) electrons. The molecule has 0 spiro atoms. The predicted molar refractivity (Wildman–Crippen MR) is 88.3 cm³/mol. The average Bonchev–Trinajstić information content (AvgIpc) is 3.24. The van der Waals surface area contributed by atoms with Gasteiger partial charge in [-0.1, -0.05) is 30.3 Å². The van der Waals surface area contributed by atoms with Gasteiger partial charge in [0, 0.05) is 16.6 Å². The van der Waals surface area contributed by atoms with E-state index in [4.69, 9.17) is 8.83 Å². The second kappa shape index (κ2) is 5.50. The molecule has 2 aromatic carbocycles. The molecule has 112 valence electrons. The molecule has 1 amide bonds. The number of para-hydroxylation sites is 1. The SMILES string of the molecule is O=C(Nc1cccc(-c2ccco2)c1)c1cc2ccccc2o1. The number of fused-ring (bicyclic) bond motifs is 1. The lowest BCUT2D eigenvalue weighted by atomic mass is 10.1. The third-order valence-corrected chi connectivity index (χ3v) is 3.58. The monoisotopic (exact) mass is 303 g/mol. The molecule has 4 rings (SSSR count). The number of carbonyl (C=O) groups excluding carboxylic acids is 1. The molecular weight excluding hydrogens is 290 g/mol. The van der Waals surface area contributed by atoms with Crippen molar-refractivity contribution in [2.75, 3.05) is 5.32 Å². The molecule has 2 heterocycles. The molecule has 0 aliphatic heterocycles. The van der Waals surface area contributed by atoms with Crippen LogP contribution in [0.25, 0.3) is 22.3 Å². The largest absolute Gasteiger partial charge is 0.464 e. The van der Waals surface area contributed by atoms with Crippen LogP contribution in [0.4, 0.5) is 5.69 Å². The molecule has 23 heavy (non-hydrogen) atoms. The van der Waals surface area contributed by atoms with Gasteiger partial charge in [-0.2, -0.15) is 0 Å². The summed E-state index contributed by atoms with van der Waals surface area (Å²) in [6, 6.07) is 20.5. The van der Waals surface area contributed by atoms with Crippen LogP contribution in [0.15, 0.2) is 81.8 Å². The van der Waals surface area contributed by atoms with Gasteiger partial charge in [0.1, 0.15) is 11.3 Å². The summed E-state index contributed by atoms with van der Waals surface area (Å²) in [5.41, 5.74) is 2.28. The number of hydrogen-bond donors (Lipinski definition) is 1. The smallest absolute Gasteiger partial charge is 0.291 e. The summed E-state index contributed by atoms with van der Waals surface area (Å²) in [5.74, 6) is 0.761. The Morgan fingerprint density at radius 1 is 0.913 bits per heavy atom. The van der Waals surface area contributed by atoms with E-state index in [0.717, 1.165) is 16.7 Å². The summed E-state index contributed by atoms with van der Waals surface area (Å²) >= 11 is 0. The van der Waals surface area contributed by atoms with E-state index in [1.807, 2.05) is 60.7 Å². The Hall–Kier alpha value is -3.27. The minimum Gasteiger partial charge on any atom is -0.464 e. The van der Waals surface area contributed by atoms with Crippen molar-refractivity contribution < 1.29 is 13.6 Å². The van der Waals surface area contributed by atoms with E-state index in [1.54, 1.807) is 12.3 Å². The van der Waals surface area contributed by atoms with Crippen LogP contribution in [0.3, 0.4) is 0 Å². The standard InChI is InChI=1S/C19H13NO3/c21-19(18-12-14-5-1-2-8-17(14)23-18)20-15-7-3-6-13(11-15)16-9-4-10-22-16/h1-12H,(H,20,21). The highest BCUT2D eigenvalue weighted by Crippen LogP contribution is 2.24. The molecule has 0 fully saturated rings. The lowest BCUT2D eigenvalue weighted by Gasteiger charge is -2.04. The van der Waals surface area contributed by atoms with E-state index in [2.05, 4.69) is 5.32 Å². The first-order valence-corrected chi connectivity index (χ1v) is 7.23. The first-order valence-electron chi connectivity index (χ1n) is 7.23. The Kier molecular flexibility index (Phi) is 3.20. The zero-order valence-corrected chi connectivity index (χ0v) is 12.2. The van der Waals surface area contributed by atoms with Crippen molar-refractivity contribution in [1.82, 2.24) is 0 Å². The van der Waals surface area contributed by atoms with Crippen molar-refractivity contribution >= 4 is 22.6 Å². The van der Waals surface area contributed by atoms with Crippen LogP contribution in [0, 0.1) is 0 Å². The Bertz CT molecular complexity index is 934. The fourth-order valence-corrected chi connectivity index (χ4v) is 2.48. The van der Waals surface area contributed by atoms with Gasteiger partial charge in [0.2, 0.25) is 0 Å². The number of carbonyl (C=O) groups is 1. The fourth-order valence-electron chi connectivity index (χ4n) is 2.48. The molecule has 0 bridgehead atoms. The van der Waals surface area contributed by atoms with Crippen molar-refractivity contribution in [3.05, 3.63) is 78.8 Å². The van der Waals surface area contributed by atoms with Gasteiger partial charge >= 0.3 is 0 Å². The van der Waals surface area contributed by atoms with Gasteiger partial charge < -0.3 is 14.2 Å². The number of hydrogen-bond acceptors (Lipinski definition) is 3. The molecule has 0 aliphatic carbocycles. The maximum absolute atomic E-state index is 12.4. The number of rotatable bonds is 3. The van der Waals surface area contributed by atoms with Crippen LogP contribution in [0.2, 0.25) is 0 Å². The first-order chi connectivity index (χ1) is 11.3. The molecule has 0 atom stereocenters. The van der Waals surface area contributed by atoms with Crippen LogP contribution in [0.5, 0.6) is 0 Å². The Morgan fingerprint density at radius 3 is 2.65 bits per heavy atom. The third-order valence-electron chi connectivity index (χ3n) is 3.58. The third kappa shape index (κ3) is 2.62. The van der Waals surface area contributed by atoms with Crippen molar-refractivity contribution in [2.24, 2.45) is 0 Å². The summed E-state index contributed by atoms with van der Waals surface area (Å²) in [6.07, 6.45) is 1.62. The van der Waals surface area contributed by atoms with E-state index in [1.165, 1.54) is 0 Å². The van der Waals surface area contributed by atoms with Gasteiger partial charge in [-0.15, -0.1) is 0 Å². The molecule has 2 aromatic heterocycles. The summed E-state index contributed by atoms with van der Waals surface area (Å²) in [6.45, 7) is 0. The van der Waals surface area contributed by atoms with Gasteiger partial charge in [0.25, 0.3) is 5.91 Å². The van der Waals surface area contributed by atoms with Crippen molar-refractivity contribution in [3.63, 3.8) is 0 Å². The average molecular weight is 303 g/mol. The Balaban J connectivity index is 1.60. The van der Waals surface area contributed by atoms with E-state index in [-0.39, 0.29) is 11.7 Å². The van der Waals surface area contributed by atoms with Crippen LogP contribution in [-0.4, -0.2) is 5.91 Å². The topological polar surface area (TPSA) is 55.4 Å². The van der Waals surface area contributed by atoms with Crippen molar-refractivity contribution in [2.45, 2.75) is 0 Å². The van der Waals surface area contributed by atoms with Crippen LogP contribution < -0.4 is 5.32 Å². The Labute approximate surface area is 132 Å². The summed E-state index contributed by atoms with van der Waals surface area (Å²) in [5, 5.41) is 3.75. The molecule has 4 heteroatoms. The highest BCUT2D eigenvalue weighted by molar-refractivity contribution is 6.04. The zero-order chi connectivity index (χ0) is 15.6. The number of amides is 1. The lowest BCUT2D eigenvalue weighted by molar-refractivity contribution is 0.0998. The van der Waals surface area contributed by atoms with Gasteiger partial charge in [0.05, 0.1) is 6.26 Å². The quantitative estimate of drug-likeness (QED) is 0.583. The van der Waals surface area contributed by atoms with E-state index in [0.29, 0.717) is 11.3 Å². The van der Waals surface area contributed by atoms with Gasteiger partial charge in [0.15, 0.2) is 5.76 Å². The zero-order valence-electron chi connectivity index (χ0n) is 12.2. The minimum atomic E-state index is -0.280. The molecule has 0 aliphatic rings. The van der Waals surface area contributed by atoms with Gasteiger partial charge in [-0.05, 0) is 36.4 Å². The Morgan fingerprint density at radius 2 is 1.83 bits per heavy atom. The van der Waals surface area contributed by atoms with Gasteiger partial charge in [-0.25, -0.2) is 0 Å². The van der Waals surface area contributed by atoms with Crippen LogP contribution in [0.1, 0.15) is 10.6 Å². The molecule has 0 saturated heterocycles. The minimum absolute atomic E-state index is 0.280. The first kappa shape index (κ1) is 13.4. The second-order valence-corrected chi connectivity index (χ2v) is 5.16. The van der Waals surface area contributed by atoms with E-state index < -0.39 is 0 Å². The molecular formula is C19H13NO3. The van der Waals surface area contributed by atoms with Crippen LogP contribution in [-0.2, 0) is 0 Å². The fraction of sp³-hybridized carbons (Fsp3) is 0. The molecule has 4 aromatic rings. The lowest BCUT2D eigenvalue weighted by Crippen LogP contribution is -2.10. The number of nitrogens with one attached hydrogen (secondary N) is 1. The number of benzene rings is 2. The summed E-state index contributed by atoms with van der Waals surface area (Å²) in [7, 11) is 0. The second-order valence-electron chi connectivity index (χ2n) is 5.16. The van der Waals surface area contributed by atoms with E-state index >= 15 is 0 Å². The van der Waals surface area contributed by atoms with E-state index in [9.17, 15) is 4.79 Å². The normalized spacial score (nSPS) is 10.8. The maximum atomic E-state index is 12.4. The van der Waals surface area contributed by atoms with Crippen molar-refractivity contribution in [3.8, 4) is 11.3 Å². The summed E-state index contributed by atoms with van der Waals surface area (Å²) < 4.78 is 10.9. The highest BCUT2D eigenvalue weighted by atomic mass is 16.3. The summed E-state index contributed by atoms with van der Waals surface area (Å²) in [4.78, 5) is 12.4. The highest BCUT2D eigenvalue weighted by Gasteiger charge is 2.12. The maximum Gasteiger partial charge on any atom is 0.291 e. The molecule has 0 saturated carbocycles. The number of anilines is 1.